The van der Waals surface area contributed by atoms with Gasteiger partial charge in [0, 0.05) is 35.9 Å². The van der Waals surface area contributed by atoms with Gasteiger partial charge < -0.3 is 34.6 Å². The Kier molecular flexibility index (Phi) is 21.1. The van der Waals surface area contributed by atoms with Crippen molar-refractivity contribution in [2.75, 3.05) is 26.9 Å². The van der Waals surface area contributed by atoms with Crippen molar-refractivity contribution >= 4 is 134 Å². The molecule has 4 aliphatic rings. The van der Waals surface area contributed by atoms with E-state index in [4.69, 9.17) is 19.4 Å². The summed E-state index contributed by atoms with van der Waals surface area (Å²) in [5.41, 5.74) is 5.97. The lowest BCUT2D eigenvalue weighted by Crippen LogP contribution is -2.52. The number of H-pyrrole nitrogens is 2. The number of imidazole rings is 2. The van der Waals surface area contributed by atoms with Crippen molar-refractivity contribution < 1.29 is 23.9 Å². The molecular formula is C46H69N7O5S7. The molecule has 0 radical (unpaired) electrons. The average Bonchev–Trinajstić information content (AvgIpc) is 3.66. The minimum Gasteiger partial charge on any atom is -0.453 e. The number of carbonyl (C=O) groups excluding carboxylic acids is 3. The lowest BCUT2D eigenvalue weighted by Gasteiger charge is -2.33. The third kappa shape index (κ3) is 11.2. The van der Waals surface area contributed by atoms with Gasteiger partial charge in [0.25, 0.3) is 0 Å². The standard InChI is InChI=1S/C46H55N7O5.7H2S/c1-25(2)27(5)43(54)52-23-46(16-7-17-58-24-46)21-38(52)41-47-22-35(49-41)29-10-8-28(9-11-29)30-12-14-33-31(18-30)13-15-34-40(33)50-42(48-34)37-20-32-19-36(32)53(37)44(55)39(26(3)4)51-45(56)57-6;;;;;;;/h8-15,18,22,25-27,32,36-39H,7,16-17,19-21,23-24H2,1-6H3,(H,47,49)(H,48,50)(H,51,56);7*1H2/t27-,32-,36-,37-,38-,39-,46-;;;;;;;/m0......./s1. The number of likely N-dealkylation sites (tertiary alicyclic amines) is 2. The Bertz CT molecular complexity index is 2390. The topological polar surface area (TPSA) is 146 Å². The summed E-state index contributed by atoms with van der Waals surface area (Å²) in [4.78, 5) is 61.0. The normalized spacial score (nSPS) is 22.5. The Hall–Kier alpha value is -2.78. The van der Waals surface area contributed by atoms with E-state index in [0.717, 1.165) is 94.5 Å². The van der Waals surface area contributed by atoms with E-state index in [1.54, 1.807) is 0 Å². The van der Waals surface area contributed by atoms with Gasteiger partial charge in [0.15, 0.2) is 0 Å². The molecule has 3 saturated heterocycles. The molecule has 1 aliphatic carbocycles. The molecule has 12 nitrogen and oxygen atoms in total. The minimum absolute atomic E-state index is 0. The van der Waals surface area contributed by atoms with Gasteiger partial charge in [-0.2, -0.15) is 94.5 Å². The molecule has 3 amide bonds. The molecule has 7 atom stereocenters. The number of fused-ring (bicyclic) bond motifs is 4. The van der Waals surface area contributed by atoms with Gasteiger partial charge in [-0.15, -0.1) is 0 Å². The lowest BCUT2D eigenvalue weighted by molar-refractivity contribution is -0.138. The molecule has 4 fully saturated rings. The molecule has 2 aromatic heterocycles. The van der Waals surface area contributed by atoms with Crippen LogP contribution in [0.15, 0.2) is 60.8 Å². The van der Waals surface area contributed by atoms with Crippen molar-refractivity contribution in [1.29, 1.82) is 0 Å². The molecule has 9 rings (SSSR count). The van der Waals surface area contributed by atoms with Crippen LogP contribution >= 0.6 is 94.5 Å². The van der Waals surface area contributed by atoms with Crippen LogP contribution < -0.4 is 5.32 Å². The monoisotopic (exact) mass is 1020 g/mol. The number of amides is 3. The van der Waals surface area contributed by atoms with E-state index in [0.29, 0.717) is 19.1 Å². The zero-order valence-corrected chi connectivity index (χ0v) is 44.9. The van der Waals surface area contributed by atoms with Crippen LogP contribution in [0.2, 0.25) is 0 Å². The average molecular weight is 1020 g/mol. The first kappa shape index (κ1) is 58.3. The SMILES string of the molecule is COC(=O)N[C@H](C(=O)N1[C@H](c2nc3c(ccc4cc(-c5ccc(-c6cnc([C@@H]7C[C@@]8(CCCOC8)CN7C(=O)[C@@H](C)C(C)C)[nH]6)cc5)ccc43)[nH]2)C[C@@H]2C[C@@H]21)C(C)C.S.S.S.S.S.S.S. The number of nitrogens with one attached hydrogen (secondary N) is 3. The van der Waals surface area contributed by atoms with E-state index in [9.17, 15) is 14.4 Å². The summed E-state index contributed by atoms with van der Waals surface area (Å²) in [7, 11) is 1.31. The van der Waals surface area contributed by atoms with Crippen molar-refractivity contribution in [2.45, 2.75) is 90.9 Å². The Morgan fingerprint density at radius 1 is 0.815 bits per heavy atom. The predicted molar refractivity (Wildman–Crippen MR) is 295 cm³/mol. The first-order valence-electron chi connectivity index (χ1n) is 21.1. The van der Waals surface area contributed by atoms with Gasteiger partial charge in [0.2, 0.25) is 11.8 Å². The van der Waals surface area contributed by atoms with Crippen LogP contribution in [-0.2, 0) is 19.1 Å². The predicted octanol–water partition coefficient (Wildman–Crippen LogP) is 8.97. The van der Waals surface area contributed by atoms with E-state index in [-0.39, 0.29) is 148 Å². The highest BCUT2D eigenvalue weighted by atomic mass is 32.1. The number of alkyl carbamates (subject to hydrolysis) is 1. The maximum atomic E-state index is 13.9. The maximum absolute atomic E-state index is 13.9. The molecule has 3 aromatic carbocycles. The molecule has 65 heavy (non-hydrogen) atoms. The number of hydrogen-bond donors (Lipinski definition) is 3. The summed E-state index contributed by atoms with van der Waals surface area (Å²) in [6, 6.07) is 18.4. The van der Waals surface area contributed by atoms with Gasteiger partial charge in [-0.3, -0.25) is 9.59 Å². The van der Waals surface area contributed by atoms with E-state index >= 15 is 0 Å². The third-order valence-corrected chi connectivity index (χ3v) is 13.6. The number of carbonyl (C=O) groups is 3. The first-order chi connectivity index (χ1) is 27.9. The first-order valence-corrected chi connectivity index (χ1v) is 21.1. The van der Waals surface area contributed by atoms with Crippen LogP contribution in [0.4, 0.5) is 4.79 Å². The highest BCUT2D eigenvalue weighted by Gasteiger charge is 2.56. The number of benzene rings is 3. The van der Waals surface area contributed by atoms with Crippen LogP contribution in [0.25, 0.3) is 44.2 Å². The van der Waals surface area contributed by atoms with Crippen LogP contribution in [0, 0.1) is 29.1 Å². The van der Waals surface area contributed by atoms with Crippen LogP contribution in [0.1, 0.15) is 90.5 Å². The molecule has 1 saturated carbocycles. The van der Waals surface area contributed by atoms with Crippen molar-refractivity contribution in [3.63, 3.8) is 0 Å². The zero-order chi connectivity index (χ0) is 40.5. The molecule has 5 aromatic rings. The second-order valence-electron chi connectivity index (χ2n) is 18.1. The molecule has 0 unspecified atom stereocenters. The van der Waals surface area contributed by atoms with Crippen molar-refractivity contribution in [2.24, 2.45) is 29.1 Å². The second-order valence-corrected chi connectivity index (χ2v) is 18.1. The quantitative estimate of drug-likeness (QED) is 0.134. The summed E-state index contributed by atoms with van der Waals surface area (Å²) in [5.74, 6) is 2.29. The van der Waals surface area contributed by atoms with Gasteiger partial charge >= 0.3 is 6.09 Å². The Labute approximate surface area is 431 Å². The van der Waals surface area contributed by atoms with Crippen LogP contribution in [0.5, 0.6) is 0 Å². The summed E-state index contributed by atoms with van der Waals surface area (Å²) in [6.07, 6.45) is 6.08. The van der Waals surface area contributed by atoms with Gasteiger partial charge in [-0.05, 0) is 84.1 Å². The van der Waals surface area contributed by atoms with Crippen molar-refractivity contribution in [3.05, 3.63) is 72.4 Å². The number of hydrogen-bond acceptors (Lipinski definition) is 7. The molecular weight excluding hydrogens is 955 g/mol. The highest BCUT2D eigenvalue weighted by molar-refractivity contribution is 7.60. The van der Waals surface area contributed by atoms with Crippen molar-refractivity contribution in [1.82, 2.24) is 35.1 Å². The molecule has 3 aliphatic heterocycles. The number of aromatic amines is 2. The minimum atomic E-state index is -0.674. The van der Waals surface area contributed by atoms with Gasteiger partial charge in [-0.1, -0.05) is 77.1 Å². The van der Waals surface area contributed by atoms with Crippen LogP contribution in [-0.4, -0.2) is 86.6 Å². The van der Waals surface area contributed by atoms with Gasteiger partial charge in [0.1, 0.15) is 17.7 Å². The van der Waals surface area contributed by atoms with Gasteiger partial charge in [0.05, 0.1) is 48.7 Å². The van der Waals surface area contributed by atoms with E-state index in [1.165, 1.54) is 7.11 Å². The number of piperidine rings is 1. The molecule has 360 valence electrons. The summed E-state index contributed by atoms with van der Waals surface area (Å²) in [5, 5.41) is 4.89. The fourth-order valence-electron chi connectivity index (χ4n) is 9.81. The Balaban J connectivity index is 0.00000207. The van der Waals surface area contributed by atoms with Crippen LogP contribution in [0.3, 0.4) is 0 Å². The second kappa shape index (κ2) is 23.5. The molecule has 1 spiro atoms. The van der Waals surface area contributed by atoms with E-state index in [2.05, 4.69) is 88.6 Å². The lowest BCUT2D eigenvalue weighted by atomic mass is 9.80. The number of aromatic nitrogens is 4. The zero-order valence-electron chi connectivity index (χ0n) is 37.9. The molecule has 19 heteroatoms. The smallest absolute Gasteiger partial charge is 0.407 e. The van der Waals surface area contributed by atoms with Crippen molar-refractivity contribution in [3.8, 4) is 22.4 Å². The maximum Gasteiger partial charge on any atom is 0.407 e. The molecule has 5 heterocycles. The summed E-state index contributed by atoms with van der Waals surface area (Å²) in [6.45, 7) is 12.3. The fraction of sp³-hybridized carbons (Fsp3) is 0.500. The number of methoxy groups -OCH3 is 1. The fourth-order valence-corrected chi connectivity index (χ4v) is 9.81. The molecule has 0 bridgehead atoms. The Morgan fingerprint density at radius 3 is 2.15 bits per heavy atom. The van der Waals surface area contributed by atoms with E-state index in [1.807, 2.05) is 31.9 Å². The molecule has 3 N–H and O–H groups in total. The Morgan fingerprint density at radius 2 is 1.51 bits per heavy atom. The number of rotatable bonds is 9. The summed E-state index contributed by atoms with van der Waals surface area (Å²) < 4.78 is 10.8. The third-order valence-electron chi connectivity index (χ3n) is 13.6. The largest absolute Gasteiger partial charge is 0.453 e. The number of nitrogens with zero attached hydrogens (tertiary/aromatic N) is 4. The van der Waals surface area contributed by atoms with E-state index < -0.39 is 12.1 Å². The summed E-state index contributed by atoms with van der Waals surface area (Å²) >= 11 is 0. The highest BCUT2D eigenvalue weighted by Crippen LogP contribution is 2.54. The van der Waals surface area contributed by atoms with Gasteiger partial charge in [-0.25, -0.2) is 14.8 Å². The number of ether oxygens (including phenoxy) is 2.